The Bertz CT molecular complexity index is 1260. The number of carbonyl (C=O) groups is 3. The number of sulfonamides is 1. The number of amides is 1. The lowest BCUT2D eigenvalue weighted by atomic mass is 9.96. The van der Waals surface area contributed by atoms with Gasteiger partial charge in [0.1, 0.15) is 12.6 Å². The highest BCUT2D eigenvalue weighted by atomic mass is 32.2. The lowest BCUT2D eigenvalue weighted by Gasteiger charge is -2.31. The zero-order valence-electron chi connectivity index (χ0n) is 19.1. The number of aliphatic carboxylic acids is 1. The number of ether oxygens (including phenoxy) is 1. The minimum atomic E-state index is -3.77. The SMILES string of the molecule is O=C(O)C[C@H](NC(=O)C1CCN(S(=O)(=O)c2ccccc2)CC1)C(=O)COc1c(F)c(F)cc(F)c1F. The van der Waals surface area contributed by atoms with E-state index in [2.05, 4.69) is 10.1 Å². The van der Waals surface area contributed by atoms with Crippen molar-refractivity contribution in [2.24, 2.45) is 5.92 Å². The average Bonchev–Trinajstić information content (AvgIpc) is 2.87. The van der Waals surface area contributed by atoms with Crippen molar-refractivity contribution in [2.75, 3.05) is 19.7 Å². The molecule has 0 saturated carbocycles. The summed E-state index contributed by atoms with van der Waals surface area (Å²) in [5.41, 5.74) is 0. The first-order valence-corrected chi connectivity index (χ1v) is 12.4. The van der Waals surface area contributed by atoms with Crippen LogP contribution in [0.4, 0.5) is 17.6 Å². The van der Waals surface area contributed by atoms with E-state index in [9.17, 15) is 40.4 Å². The van der Waals surface area contributed by atoms with E-state index in [0.717, 1.165) is 0 Å². The van der Waals surface area contributed by atoms with E-state index in [4.69, 9.17) is 5.11 Å². The van der Waals surface area contributed by atoms with Crippen LogP contribution in [0.25, 0.3) is 0 Å². The Morgan fingerprint density at radius 2 is 1.59 bits per heavy atom. The van der Waals surface area contributed by atoms with Gasteiger partial charge in [-0.1, -0.05) is 18.2 Å². The molecule has 1 saturated heterocycles. The van der Waals surface area contributed by atoms with Crippen molar-refractivity contribution >= 4 is 27.7 Å². The first-order chi connectivity index (χ1) is 17.4. The van der Waals surface area contributed by atoms with Gasteiger partial charge >= 0.3 is 5.97 Å². The Morgan fingerprint density at radius 3 is 2.14 bits per heavy atom. The minimum absolute atomic E-state index is 0.000339. The molecule has 2 N–H and O–H groups in total. The van der Waals surface area contributed by atoms with E-state index in [1.54, 1.807) is 18.2 Å². The molecule has 1 atom stereocenters. The first kappa shape index (κ1) is 28.1. The maximum Gasteiger partial charge on any atom is 0.305 e. The van der Waals surface area contributed by atoms with Crippen molar-refractivity contribution < 1.29 is 50.2 Å². The molecule has 0 aliphatic carbocycles. The van der Waals surface area contributed by atoms with Crippen molar-refractivity contribution in [3.63, 3.8) is 0 Å². The molecule has 200 valence electrons. The fourth-order valence-electron chi connectivity index (χ4n) is 3.73. The van der Waals surface area contributed by atoms with Gasteiger partial charge in [-0.3, -0.25) is 14.4 Å². The van der Waals surface area contributed by atoms with Gasteiger partial charge in [-0.2, -0.15) is 13.1 Å². The largest absolute Gasteiger partial charge is 0.481 e. The van der Waals surface area contributed by atoms with Gasteiger partial charge in [-0.15, -0.1) is 0 Å². The third-order valence-corrected chi connectivity index (χ3v) is 7.63. The summed E-state index contributed by atoms with van der Waals surface area (Å²) < 4.78 is 85.4. The molecule has 37 heavy (non-hydrogen) atoms. The lowest BCUT2D eigenvalue weighted by Crippen LogP contribution is -2.49. The highest BCUT2D eigenvalue weighted by Gasteiger charge is 2.34. The first-order valence-electron chi connectivity index (χ1n) is 11.0. The van der Waals surface area contributed by atoms with Gasteiger partial charge in [-0.05, 0) is 25.0 Å². The number of hydrogen-bond donors (Lipinski definition) is 2. The molecule has 1 amide bonds. The summed E-state index contributed by atoms with van der Waals surface area (Å²) >= 11 is 0. The summed E-state index contributed by atoms with van der Waals surface area (Å²) in [6.07, 6.45) is -0.736. The standard InChI is InChI=1S/C23H22F4N2O7S/c24-15-10-16(25)21(27)22(20(15)26)36-12-18(30)17(11-19(31)32)28-23(33)13-6-8-29(9-7-13)37(34,35)14-4-2-1-3-5-14/h1-5,10,13,17H,6-9,11-12H2,(H,28,33)(H,31,32)/t17-/m0/s1. The highest BCUT2D eigenvalue weighted by Crippen LogP contribution is 2.27. The number of halogens is 4. The Morgan fingerprint density at radius 1 is 1.03 bits per heavy atom. The third kappa shape index (κ3) is 6.63. The number of carbonyl (C=O) groups excluding carboxylic acids is 2. The Balaban J connectivity index is 1.62. The average molecular weight is 546 g/mol. The second kappa shape index (κ2) is 11.7. The number of rotatable bonds is 10. The van der Waals surface area contributed by atoms with Crippen LogP contribution in [0.5, 0.6) is 5.75 Å². The number of carboxylic acid groups (broad SMARTS) is 1. The van der Waals surface area contributed by atoms with Gasteiger partial charge in [0, 0.05) is 25.1 Å². The van der Waals surface area contributed by atoms with Crippen molar-refractivity contribution in [1.29, 1.82) is 0 Å². The smallest absolute Gasteiger partial charge is 0.305 e. The van der Waals surface area contributed by atoms with Crippen LogP contribution in [-0.2, 0) is 24.4 Å². The minimum Gasteiger partial charge on any atom is -0.481 e. The number of ketones is 1. The summed E-state index contributed by atoms with van der Waals surface area (Å²) in [5, 5.41) is 11.3. The topological polar surface area (TPSA) is 130 Å². The number of benzene rings is 2. The lowest BCUT2D eigenvalue weighted by molar-refractivity contribution is -0.141. The molecule has 14 heteroatoms. The van der Waals surface area contributed by atoms with Crippen molar-refractivity contribution in [2.45, 2.75) is 30.2 Å². The van der Waals surface area contributed by atoms with E-state index in [1.807, 2.05) is 0 Å². The van der Waals surface area contributed by atoms with E-state index in [0.29, 0.717) is 0 Å². The van der Waals surface area contributed by atoms with E-state index in [1.165, 1.54) is 16.4 Å². The zero-order chi connectivity index (χ0) is 27.3. The van der Waals surface area contributed by atoms with Gasteiger partial charge in [0.2, 0.25) is 27.6 Å². The van der Waals surface area contributed by atoms with E-state index >= 15 is 0 Å². The van der Waals surface area contributed by atoms with Crippen LogP contribution in [-0.4, -0.2) is 61.2 Å². The second-order valence-electron chi connectivity index (χ2n) is 8.20. The Hall–Kier alpha value is -3.52. The predicted molar refractivity (Wildman–Crippen MR) is 119 cm³/mol. The molecule has 1 aliphatic heterocycles. The number of piperidine rings is 1. The molecular formula is C23H22F4N2O7S. The summed E-state index contributed by atoms with van der Waals surface area (Å²) in [4.78, 5) is 36.5. The molecular weight excluding hydrogens is 524 g/mol. The normalized spacial score (nSPS) is 15.7. The molecule has 3 rings (SSSR count). The van der Waals surface area contributed by atoms with Gasteiger partial charge < -0.3 is 15.2 Å². The molecule has 0 unspecified atom stereocenters. The van der Waals surface area contributed by atoms with Crippen LogP contribution < -0.4 is 10.1 Å². The molecule has 1 heterocycles. The van der Waals surface area contributed by atoms with Gasteiger partial charge in [-0.25, -0.2) is 17.2 Å². The number of Topliss-reactive ketones (excluding diaryl/α,β-unsaturated/α-hetero) is 1. The maximum atomic E-state index is 13.8. The molecule has 0 aromatic heterocycles. The molecule has 0 radical (unpaired) electrons. The van der Waals surface area contributed by atoms with Crippen molar-refractivity contribution in [3.05, 3.63) is 59.7 Å². The van der Waals surface area contributed by atoms with E-state index < -0.39 is 81.7 Å². The van der Waals surface area contributed by atoms with Crippen LogP contribution in [0.3, 0.4) is 0 Å². The summed E-state index contributed by atoms with van der Waals surface area (Å²) in [5.74, 6) is -12.9. The van der Waals surface area contributed by atoms with Crippen molar-refractivity contribution in [3.8, 4) is 5.75 Å². The summed E-state index contributed by atoms with van der Waals surface area (Å²) in [7, 11) is -3.77. The number of carboxylic acids is 1. The second-order valence-corrected chi connectivity index (χ2v) is 10.1. The van der Waals surface area contributed by atoms with Gasteiger partial charge in [0.25, 0.3) is 0 Å². The quantitative estimate of drug-likeness (QED) is 0.345. The number of nitrogens with one attached hydrogen (secondary N) is 1. The highest BCUT2D eigenvalue weighted by molar-refractivity contribution is 7.89. The molecule has 2 aromatic rings. The van der Waals surface area contributed by atoms with Crippen LogP contribution in [0, 0.1) is 29.2 Å². The van der Waals surface area contributed by atoms with Crippen LogP contribution >= 0.6 is 0 Å². The van der Waals surface area contributed by atoms with Crippen molar-refractivity contribution in [1.82, 2.24) is 9.62 Å². The Kier molecular flexibility index (Phi) is 8.86. The van der Waals surface area contributed by atoms with Crippen LogP contribution in [0.2, 0.25) is 0 Å². The molecule has 2 aromatic carbocycles. The number of hydrogen-bond acceptors (Lipinski definition) is 6. The monoisotopic (exact) mass is 546 g/mol. The Labute approximate surface area is 209 Å². The third-order valence-electron chi connectivity index (χ3n) is 5.72. The summed E-state index contributed by atoms with van der Waals surface area (Å²) in [6.45, 7) is -1.19. The fraction of sp³-hybridized carbons (Fsp3) is 0.348. The van der Waals surface area contributed by atoms with Gasteiger partial charge in [0.15, 0.2) is 23.2 Å². The zero-order valence-corrected chi connectivity index (χ0v) is 19.9. The molecule has 0 spiro atoms. The van der Waals surface area contributed by atoms with E-state index in [-0.39, 0.29) is 36.9 Å². The molecule has 1 fully saturated rings. The fourth-order valence-corrected chi connectivity index (χ4v) is 5.22. The van der Waals surface area contributed by atoms with Crippen LogP contribution in [0.1, 0.15) is 19.3 Å². The molecule has 9 nitrogen and oxygen atoms in total. The van der Waals surface area contributed by atoms with Crippen LogP contribution in [0.15, 0.2) is 41.3 Å². The summed E-state index contributed by atoms with van der Waals surface area (Å²) in [6, 6.07) is 5.96. The predicted octanol–water partition coefficient (Wildman–Crippen LogP) is 2.25. The molecule has 1 aliphatic rings. The molecule has 0 bridgehead atoms. The van der Waals surface area contributed by atoms with Gasteiger partial charge in [0.05, 0.1) is 11.3 Å². The number of nitrogens with zero attached hydrogens (tertiary/aromatic N) is 1. The maximum absolute atomic E-state index is 13.8.